The highest BCUT2D eigenvalue weighted by Crippen LogP contribution is 2.50. The van der Waals surface area contributed by atoms with Gasteiger partial charge in [0.2, 0.25) is 15.9 Å². The molecule has 2 aliphatic rings. The van der Waals surface area contributed by atoms with E-state index < -0.39 is 21.3 Å². The van der Waals surface area contributed by atoms with Gasteiger partial charge in [0.15, 0.2) is 0 Å². The van der Waals surface area contributed by atoms with E-state index in [1.165, 1.54) is 8.87 Å². The molecular formula is C20H21N3O4S. The predicted molar refractivity (Wildman–Crippen MR) is 106 cm³/mol. The summed E-state index contributed by atoms with van der Waals surface area (Å²) in [7, 11) is -3.47. The fraction of sp³-hybridized carbons (Fsp3) is 0.350. The number of sulfonamides is 1. The van der Waals surface area contributed by atoms with Gasteiger partial charge in [0.25, 0.3) is 0 Å². The molecule has 1 aromatic heterocycles. The van der Waals surface area contributed by atoms with Crippen LogP contribution in [0.15, 0.2) is 47.3 Å². The summed E-state index contributed by atoms with van der Waals surface area (Å²) in [6.45, 7) is 3.57. The average molecular weight is 399 g/mol. The Morgan fingerprint density at radius 2 is 1.82 bits per heavy atom. The van der Waals surface area contributed by atoms with Crippen LogP contribution in [0.25, 0.3) is 16.5 Å². The molecule has 8 heteroatoms. The summed E-state index contributed by atoms with van der Waals surface area (Å²) in [6.07, 6.45) is 0.528. The maximum Gasteiger partial charge on any atom is 0.336 e. The average Bonchev–Trinajstić information content (AvgIpc) is 3.33. The van der Waals surface area contributed by atoms with E-state index in [-0.39, 0.29) is 24.2 Å². The Morgan fingerprint density at radius 1 is 1.11 bits per heavy atom. The molecule has 2 atom stereocenters. The molecule has 0 amide bonds. The number of hydrogen-bond acceptors (Lipinski definition) is 4. The maximum absolute atomic E-state index is 13.2. The van der Waals surface area contributed by atoms with Crippen molar-refractivity contribution in [1.29, 1.82) is 0 Å². The van der Waals surface area contributed by atoms with Crippen molar-refractivity contribution in [2.75, 3.05) is 6.54 Å². The molecule has 0 saturated carbocycles. The normalized spacial score (nSPS) is 21.7. The van der Waals surface area contributed by atoms with Crippen molar-refractivity contribution in [2.45, 2.75) is 37.6 Å². The van der Waals surface area contributed by atoms with E-state index in [1.54, 1.807) is 24.5 Å². The number of hydrogen-bond donors (Lipinski definition) is 1. The maximum atomic E-state index is 13.2. The zero-order chi connectivity index (χ0) is 19.8. The zero-order valence-electron chi connectivity index (χ0n) is 15.6. The van der Waals surface area contributed by atoms with E-state index in [4.69, 9.17) is 0 Å². The van der Waals surface area contributed by atoms with Crippen molar-refractivity contribution in [3.05, 3.63) is 58.6 Å². The number of imidazole rings is 1. The lowest BCUT2D eigenvalue weighted by molar-refractivity contribution is 0.339. The first kappa shape index (κ1) is 17.5. The predicted octanol–water partition coefficient (Wildman–Crippen LogP) is 2.54. The number of aromatic nitrogens is 2. The molecule has 1 N–H and O–H groups in total. The minimum absolute atomic E-state index is 0.169. The second-order valence-corrected chi connectivity index (χ2v) is 10.2. The fourth-order valence-electron chi connectivity index (χ4n) is 4.58. The lowest BCUT2D eigenvalue weighted by Crippen LogP contribution is -2.40. The Kier molecular flexibility index (Phi) is 3.57. The molecule has 3 heterocycles. The summed E-state index contributed by atoms with van der Waals surface area (Å²) < 4.78 is 29.8. The minimum Gasteiger partial charge on any atom is -0.493 e. The van der Waals surface area contributed by atoms with Gasteiger partial charge in [-0.05, 0) is 31.7 Å². The van der Waals surface area contributed by atoms with Crippen molar-refractivity contribution >= 4 is 20.8 Å². The largest absolute Gasteiger partial charge is 0.493 e. The molecule has 1 saturated heterocycles. The second-order valence-electron chi connectivity index (χ2n) is 7.76. The van der Waals surface area contributed by atoms with Crippen molar-refractivity contribution < 1.29 is 13.5 Å². The fourth-order valence-corrected chi connectivity index (χ4v) is 6.04. The molecule has 0 unspecified atom stereocenters. The van der Waals surface area contributed by atoms with Gasteiger partial charge in [0, 0.05) is 11.9 Å². The van der Waals surface area contributed by atoms with Crippen LogP contribution in [0.3, 0.4) is 0 Å². The molecular weight excluding hydrogens is 378 g/mol. The molecule has 2 aliphatic heterocycles. The van der Waals surface area contributed by atoms with Crippen molar-refractivity contribution in [3.63, 3.8) is 0 Å². The molecule has 0 radical (unpaired) electrons. The topological polar surface area (TPSA) is 84.5 Å². The second kappa shape index (κ2) is 5.71. The van der Waals surface area contributed by atoms with Crippen LogP contribution in [0, 0.1) is 0 Å². The van der Waals surface area contributed by atoms with Gasteiger partial charge >= 0.3 is 5.69 Å². The summed E-state index contributed by atoms with van der Waals surface area (Å²) in [5, 5.41) is 12.3. The highest BCUT2D eigenvalue weighted by Gasteiger charge is 2.52. The monoisotopic (exact) mass is 399 g/mol. The number of benzene rings is 2. The molecule has 0 spiro atoms. The number of aromatic hydroxyl groups is 1. The first-order valence-electron chi connectivity index (χ1n) is 9.37. The first-order chi connectivity index (χ1) is 13.3. The van der Waals surface area contributed by atoms with E-state index >= 15 is 0 Å². The summed E-state index contributed by atoms with van der Waals surface area (Å²) in [4.78, 5) is 13.2. The van der Waals surface area contributed by atoms with Crippen molar-refractivity contribution in [2.24, 2.45) is 0 Å². The summed E-state index contributed by atoms with van der Waals surface area (Å²) in [5.74, 6) is -0.169. The van der Waals surface area contributed by atoms with Gasteiger partial charge in [-0.15, -0.1) is 0 Å². The van der Waals surface area contributed by atoms with Crippen molar-refractivity contribution in [3.8, 4) is 11.6 Å². The van der Waals surface area contributed by atoms with Crippen molar-refractivity contribution in [1.82, 2.24) is 13.4 Å². The van der Waals surface area contributed by atoms with Crippen LogP contribution in [-0.2, 0) is 10.0 Å². The van der Waals surface area contributed by atoms with Gasteiger partial charge in [0.1, 0.15) is 5.69 Å². The third kappa shape index (κ3) is 2.13. The van der Waals surface area contributed by atoms with Crippen LogP contribution in [0.5, 0.6) is 5.88 Å². The number of fused-ring (bicyclic) bond motifs is 6. The Morgan fingerprint density at radius 3 is 2.57 bits per heavy atom. The molecule has 2 aromatic carbocycles. The molecule has 2 bridgehead atoms. The SMILES string of the molecule is CC(C)S(=O)(=O)N1C[C@@H]2C[C@H]1c1c(O)n(-c3cccc4ccccc34)c(=O)n12. The highest BCUT2D eigenvalue weighted by atomic mass is 32.2. The zero-order valence-corrected chi connectivity index (χ0v) is 16.4. The van der Waals surface area contributed by atoms with Gasteiger partial charge in [-0.2, -0.15) is 4.31 Å². The number of rotatable bonds is 3. The lowest BCUT2D eigenvalue weighted by atomic mass is 10.1. The van der Waals surface area contributed by atoms with E-state index in [2.05, 4.69) is 0 Å². The Hall–Kier alpha value is -2.58. The minimum atomic E-state index is -3.47. The van der Waals surface area contributed by atoms with Gasteiger partial charge in [-0.3, -0.25) is 4.57 Å². The lowest BCUT2D eigenvalue weighted by Gasteiger charge is -2.28. The van der Waals surface area contributed by atoms with E-state index in [1.807, 2.05) is 36.4 Å². The van der Waals surface area contributed by atoms with Crippen LogP contribution in [0.1, 0.15) is 38.0 Å². The van der Waals surface area contributed by atoms with E-state index in [0.29, 0.717) is 17.8 Å². The van der Waals surface area contributed by atoms with Gasteiger partial charge in [-0.25, -0.2) is 17.8 Å². The Labute approximate surface area is 162 Å². The van der Waals surface area contributed by atoms with Gasteiger partial charge in [0.05, 0.1) is 23.0 Å². The molecule has 7 nitrogen and oxygen atoms in total. The molecule has 5 rings (SSSR count). The smallest absolute Gasteiger partial charge is 0.336 e. The van der Waals surface area contributed by atoms with Gasteiger partial charge in [-0.1, -0.05) is 36.4 Å². The third-order valence-electron chi connectivity index (χ3n) is 5.94. The van der Waals surface area contributed by atoms with Crippen LogP contribution >= 0.6 is 0 Å². The van der Waals surface area contributed by atoms with Crippen LogP contribution in [0.4, 0.5) is 0 Å². The molecule has 28 heavy (non-hydrogen) atoms. The molecule has 1 fully saturated rings. The van der Waals surface area contributed by atoms with Crippen LogP contribution in [-0.4, -0.2) is 38.8 Å². The quantitative estimate of drug-likeness (QED) is 0.734. The van der Waals surface area contributed by atoms with Crippen LogP contribution < -0.4 is 5.69 Å². The molecule has 146 valence electrons. The first-order valence-corrected chi connectivity index (χ1v) is 10.9. The van der Waals surface area contributed by atoms with Gasteiger partial charge < -0.3 is 5.11 Å². The molecule has 0 aliphatic carbocycles. The molecule has 3 aromatic rings. The Balaban J connectivity index is 1.72. The summed E-state index contributed by atoms with van der Waals surface area (Å²) in [6, 6.07) is 12.5. The Bertz CT molecular complexity index is 1270. The summed E-state index contributed by atoms with van der Waals surface area (Å²) in [5.41, 5.74) is 0.677. The standard InChI is InChI=1S/C20H21N3O4S/c1-12(2)28(26,27)21-11-14-10-17(21)18-19(24)23(20(25)22(14)18)16-9-5-7-13-6-3-4-8-15(13)16/h3-9,12,14,17,24H,10-11H2,1-2H3/t14-,17-/m0/s1. The highest BCUT2D eigenvalue weighted by molar-refractivity contribution is 7.89. The van der Waals surface area contributed by atoms with E-state index in [0.717, 1.165) is 10.8 Å². The third-order valence-corrected chi connectivity index (χ3v) is 8.19. The van der Waals surface area contributed by atoms with E-state index in [9.17, 15) is 18.3 Å². The summed E-state index contributed by atoms with van der Waals surface area (Å²) >= 11 is 0. The number of nitrogens with zero attached hydrogens (tertiary/aromatic N) is 3. The van der Waals surface area contributed by atoms with Crippen LogP contribution in [0.2, 0.25) is 0 Å².